The van der Waals surface area contributed by atoms with Crippen LogP contribution in [0.2, 0.25) is 0 Å². The normalized spacial score (nSPS) is 40.1. The molecule has 0 radical (unpaired) electrons. The first-order valence-electron chi connectivity index (χ1n) is 24.5. The quantitative estimate of drug-likeness (QED) is 0.0768. The number of aliphatic hydroxyl groups is 14. The van der Waals surface area contributed by atoms with Crippen LogP contribution in [0.1, 0.15) is 0 Å². The van der Waals surface area contributed by atoms with Gasteiger partial charge in [-0.2, -0.15) is 0 Å². The summed E-state index contributed by atoms with van der Waals surface area (Å²) in [6.07, 6.45) is -31.7. The van der Waals surface area contributed by atoms with E-state index in [1.165, 1.54) is 0 Å². The lowest BCUT2D eigenvalue weighted by atomic mass is 9.99. The smallest absolute Gasteiger partial charge is 0.245 e. The number of carbonyl (C=O) groups is 8. The van der Waals surface area contributed by atoms with Crippen LogP contribution in [0.25, 0.3) is 0 Å². The first kappa shape index (κ1) is 65.7. The van der Waals surface area contributed by atoms with Gasteiger partial charge in [0.05, 0.1) is 79.0 Å². The summed E-state index contributed by atoms with van der Waals surface area (Å²) in [5.74, 6) is -9.46. The molecule has 5 aliphatic rings. The molecule has 22 atom stereocenters. The van der Waals surface area contributed by atoms with E-state index in [0.29, 0.717) is 0 Å². The molecule has 80 heavy (non-hydrogen) atoms. The highest BCUT2D eigenvalue weighted by Crippen LogP contribution is 2.28. The van der Waals surface area contributed by atoms with Crippen molar-refractivity contribution in [2.75, 3.05) is 79.0 Å². The van der Waals surface area contributed by atoms with Crippen LogP contribution in [0.15, 0.2) is 0 Å². The topological polar surface area (TPSA) is 590 Å². The van der Waals surface area contributed by atoms with Gasteiger partial charge in [-0.1, -0.05) is 0 Å². The Morgan fingerprint density at radius 2 is 0.650 bits per heavy atom. The summed E-state index contributed by atoms with van der Waals surface area (Å²) in [5.41, 5.74) is 0. The molecule has 0 bridgehead atoms. The second-order valence-electron chi connectivity index (χ2n) is 18.5. The van der Waals surface area contributed by atoms with Crippen molar-refractivity contribution in [2.45, 2.75) is 135 Å². The van der Waals surface area contributed by atoms with E-state index in [9.17, 15) is 110 Å². The summed E-state index contributed by atoms with van der Waals surface area (Å²) in [6.45, 7) is -10.9. The van der Waals surface area contributed by atoms with Gasteiger partial charge in [-0.25, -0.2) is 0 Å². The number of rotatable bonds is 14. The first-order chi connectivity index (χ1) is 37.9. The fourth-order valence-electron chi connectivity index (χ4n) is 8.05. The second kappa shape index (κ2) is 30.8. The van der Waals surface area contributed by atoms with E-state index in [2.05, 4.69) is 42.5 Å². The minimum absolute atomic E-state index is 0.626. The van der Waals surface area contributed by atoms with Gasteiger partial charge >= 0.3 is 0 Å². The molecule has 0 aromatic carbocycles. The molecule has 0 unspecified atom stereocenters. The van der Waals surface area contributed by atoms with Gasteiger partial charge in [0.15, 0.2) is 25.2 Å². The van der Waals surface area contributed by atoms with Gasteiger partial charge in [-0.05, 0) is 0 Å². The van der Waals surface area contributed by atoms with Crippen molar-refractivity contribution in [3.8, 4) is 0 Å². The van der Waals surface area contributed by atoms with E-state index >= 15 is 0 Å². The molecule has 0 aromatic heterocycles. The van der Waals surface area contributed by atoms with Gasteiger partial charge in [0.1, 0.15) is 110 Å². The van der Waals surface area contributed by atoms with Crippen molar-refractivity contribution in [3.05, 3.63) is 0 Å². The SMILES string of the molecule is O=C1CNC(=O)[C@H](CO)NC(=O)CNC(=O)[C@H](CO[C@@H]2OC[C@@H](O[C@@H]3O[C@H](CO)[C@H](O)[C@H](O)[C@H]3O)[C@H](O)[C@H]2O)NC(=O)CNC(=O)[C@H](CO)NC(=O)CNC(=O)[C@H](CO[C@@H]2OC[C@@H](O[C@@H]3O[C@H](CO)[C@H](O)[C@H](O)[C@H]3O)[C@H](O)[C@H]2O)N1. The molecular formula is C42H68N8O30. The van der Waals surface area contributed by atoms with E-state index in [0.717, 1.165) is 0 Å². The second-order valence-corrected chi connectivity index (χ2v) is 18.5. The zero-order chi connectivity index (χ0) is 59.1. The number of amides is 8. The molecule has 0 saturated carbocycles. The molecule has 5 rings (SSSR count). The summed E-state index contributed by atoms with van der Waals surface area (Å²) in [6, 6.07) is -7.30. The fraction of sp³-hybridized carbons (Fsp3) is 0.810. The summed E-state index contributed by atoms with van der Waals surface area (Å²) in [5, 5.41) is 160. The summed E-state index contributed by atoms with van der Waals surface area (Å²) in [7, 11) is 0. The molecule has 0 aliphatic carbocycles. The van der Waals surface area contributed by atoms with Gasteiger partial charge in [0, 0.05) is 0 Å². The van der Waals surface area contributed by atoms with E-state index in [-0.39, 0.29) is 0 Å². The number of hydrogen-bond acceptors (Lipinski definition) is 30. The van der Waals surface area contributed by atoms with Crippen molar-refractivity contribution < 1.29 is 148 Å². The monoisotopic (exact) mass is 1160 g/mol. The molecule has 0 aromatic rings. The molecule has 5 heterocycles. The zero-order valence-electron chi connectivity index (χ0n) is 42.0. The van der Waals surface area contributed by atoms with Crippen molar-refractivity contribution >= 4 is 47.3 Å². The maximum atomic E-state index is 13.4. The molecule has 8 amide bonds. The van der Waals surface area contributed by atoms with Gasteiger partial charge in [0.2, 0.25) is 47.3 Å². The number of nitrogens with one attached hydrogen (secondary N) is 8. The highest BCUT2D eigenvalue weighted by Gasteiger charge is 2.50. The molecule has 38 heteroatoms. The van der Waals surface area contributed by atoms with E-state index in [1.54, 1.807) is 0 Å². The third-order valence-electron chi connectivity index (χ3n) is 12.7. The number of carbonyl (C=O) groups excluding carboxylic acids is 8. The van der Waals surface area contributed by atoms with Gasteiger partial charge in [-0.3, -0.25) is 38.4 Å². The van der Waals surface area contributed by atoms with Crippen LogP contribution in [0, 0.1) is 0 Å². The third kappa shape index (κ3) is 17.5. The van der Waals surface area contributed by atoms with Crippen molar-refractivity contribution in [1.29, 1.82) is 0 Å². The number of hydrogen-bond donors (Lipinski definition) is 22. The lowest BCUT2D eigenvalue weighted by Crippen LogP contribution is -2.62. The Morgan fingerprint density at radius 1 is 0.362 bits per heavy atom. The molecule has 5 aliphatic heterocycles. The lowest BCUT2D eigenvalue weighted by Gasteiger charge is -2.43. The van der Waals surface area contributed by atoms with Crippen molar-refractivity contribution in [1.82, 2.24) is 42.5 Å². The minimum Gasteiger partial charge on any atom is -0.394 e. The predicted molar refractivity (Wildman–Crippen MR) is 247 cm³/mol. The molecule has 5 saturated heterocycles. The van der Waals surface area contributed by atoms with Crippen LogP contribution in [0.3, 0.4) is 0 Å². The van der Waals surface area contributed by atoms with Crippen LogP contribution < -0.4 is 42.5 Å². The van der Waals surface area contributed by atoms with Crippen LogP contribution in [-0.2, 0) is 76.3 Å². The first-order valence-corrected chi connectivity index (χ1v) is 24.5. The van der Waals surface area contributed by atoms with Crippen LogP contribution >= 0.6 is 0 Å². The number of ether oxygens (including phenoxy) is 8. The molecular weight excluding hydrogens is 1100 g/mol. The standard InChI is InChI=1S/C42H68N8O30/c51-5-13-35(69)43-4-24(58)50-16(10-74-40-32(66)28(62)20(12-76-40)80-42-34(68)30(64)26(60)18(8-54)78-42)38(72)46-2-22(56)48-14(6-52)36(70)44-3-23(57)49-15(37(71)45-1-21(55)47-13)9-73-39-31(65)27(61)19(11-75-39)79-41-33(67)29(63)25(59)17(7-53)77-41/h13-20,25-34,39-42,51-54,59-68H,1-12H2,(H,43,69)(H,44,70)(H,45,71)(H,46,72)(H,47,55)(H,48,56)(H,49,57)(H,50,58)/t13-,14-,15-,16-,17+,18+,19+,20+,25-,26-,27-,28-,29-,30-,31+,32+,33+,34+,39+,40+,41-,42-/m0/s1. The van der Waals surface area contributed by atoms with Gasteiger partial charge in [-0.15, -0.1) is 0 Å². The molecule has 0 spiro atoms. The Morgan fingerprint density at radius 3 is 0.950 bits per heavy atom. The average Bonchev–Trinajstić information content (AvgIpc) is 3.45. The molecule has 38 nitrogen and oxygen atoms in total. The molecule has 456 valence electrons. The molecule has 5 fully saturated rings. The minimum atomic E-state index is -2.01. The zero-order valence-corrected chi connectivity index (χ0v) is 42.0. The van der Waals surface area contributed by atoms with E-state index in [4.69, 9.17) is 37.9 Å². The highest BCUT2D eigenvalue weighted by molar-refractivity contribution is 5.96. The van der Waals surface area contributed by atoms with Crippen LogP contribution in [0.5, 0.6) is 0 Å². The maximum absolute atomic E-state index is 13.4. The predicted octanol–water partition coefficient (Wildman–Crippen LogP) is -17.1. The molecule has 22 N–H and O–H groups in total. The van der Waals surface area contributed by atoms with Gasteiger partial charge in [0.25, 0.3) is 0 Å². The highest BCUT2D eigenvalue weighted by atomic mass is 16.7. The van der Waals surface area contributed by atoms with Crippen LogP contribution in [-0.4, -0.2) is 333 Å². The maximum Gasteiger partial charge on any atom is 0.245 e. The van der Waals surface area contributed by atoms with Gasteiger partial charge < -0.3 is 152 Å². The Balaban J connectivity index is 1.21. The summed E-state index contributed by atoms with van der Waals surface area (Å²) in [4.78, 5) is 105. The van der Waals surface area contributed by atoms with E-state index < -0.39 is 261 Å². The Kier molecular flexibility index (Phi) is 25.3. The fourth-order valence-corrected chi connectivity index (χ4v) is 8.05. The summed E-state index contributed by atoms with van der Waals surface area (Å²) < 4.78 is 43.2. The Labute approximate surface area is 450 Å². The number of aliphatic hydroxyl groups excluding tert-OH is 14. The largest absolute Gasteiger partial charge is 0.394 e. The van der Waals surface area contributed by atoms with Crippen LogP contribution in [0.4, 0.5) is 0 Å². The van der Waals surface area contributed by atoms with E-state index in [1.807, 2.05) is 0 Å². The average molecular weight is 1170 g/mol. The lowest BCUT2D eigenvalue weighted by molar-refractivity contribution is -0.343. The Hall–Kier alpha value is -5.12. The third-order valence-corrected chi connectivity index (χ3v) is 12.7. The van der Waals surface area contributed by atoms with Crippen molar-refractivity contribution in [2.24, 2.45) is 0 Å². The Bertz CT molecular complexity index is 1960. The van der Waals surface area contributed by atoms with Crippen molar-refractivity contribution in [3.63, 3.8) is 0 Å². The summed E-state index contributed by atoms with van der Waals surface area (Å²) >= 11 is 0.